The van der Waals surface area contributed by atoms with Gasteiger partial charge in [-0.3, -0.25) is 5.21 Å². The molecular formula is C22H32N3O5+. The standard InChI is InChI=1S/C22H31N3O5/c1-5-6-7-8-15-12-18(26)20(16-11-14(2)9-10-17(16)25(3)4)19(13-15)30-22(28)23-21(27)24-29/h11-13,16-17H,3,5-10H2,1-2,4H3,(H3-,23,24,26,27,28,29)/p+1/t16-,17-/m1/s1. The lowest BCUT2D eigenvalue weighted by atomic mass is 9.80. The zero-order valence-corrected chi connectivity index (χ0v) is 17.9. The molecule has 0 spiro atoms. The lowest BCUT2D eigenvalue weighted by molar-refractivity contribution is -0.534. The Morgan fingerprint density at radius 1 is 1.33 bits per heavy atom. The summed E-state index contributed by atoms with van der Waals surface area (Å²) in [5.74, 6) is -0.00541. The molecule has 0 fully saturated rings. The van der Waals surface area contributed by atoms with Gasteiger partial charge < -0.3 is 9.84 Å². The molecule has 0 unspecified atom stereocenters. The number of likely N-dealkylation sites (N-methyl/N-ethyl adjacent to an activating group) is 1. The van der Waals surface area contributed by atoms with Gasteiger partial charge in [0, 0.05) is 6.42 Å². The van der Waals surface area contributed by atoms with E-state index in [4.69, 9.17) is 9.94 Å². The average Bonchev–Trinajstić information content (AvgIpc) is 2.67. The van der Waals surface area contributed by atoms with Crippen LogP contribution < -0.4 is 15.5 Å². The van der Waals surface area contributed by atoms with Crippen LogP contribution >= 0.6 is 0 Å². The number of aryl methyl sites for hydroxylation is 1. The van der Waals surface area contributed by atoms with Crippen molar-refractivity contribution in [3.8, 4) is 11.5 Å². The van der Waals surface area contributed by atoms with Crippen molar-refractivity contribution in [1.82, 2.24) is 10.8 Å². The molecule has 0 saturated heterocycles. The quantitative estimate of drug-likeness (QED) is 0.134. The van der Waals surface area contributed by atoms with Gasteiger partial charge in [-0.05, 0) is 43.9 Å². The number of carbonyl (C=O) groups excluding carboxylic acids is 2. The first-order valence-corrected chi connectivity index (χ1v) is 10.3. The number of unbranched alkanes of at least 4 members (excludes halogenated alkanes) is 2. The number of hydrogen-bond acceptors (Lipinski definition) is 5. The van der Waals surface area contributed by atoms with Crippen LogP contribution in [0.3, 0.4) is 0 Å². The summed E-state index contributed by atoms with van der Waals surface area (Å²) in [4.78, 5) is 23.4. The van der Waals surface area contributed by atoms with Crippen LogP contribution in [0, 0.1) is 0 Å². The molecule has 1 aromatic rings. The maximum Gasteiger partial charge on any atom is 0.420 e. The Hall–Kier alpha value is -2.87. The van der Waals surface area contributed by atoms with Crippen LogP contribution in [-0.4, -0.2) is 46.8 Å². The second kappa shape index (κ2) is 10.8. The van der Waals surface area contributed by atoms with Gasteiger partial charge in [0.25, 0.3) is 0 Å². The third-order valence-electron chi connectivity index (χ3n) is 5.38. The molecule has 8 nitrogen and oxygen atoms in total. The number of nitrogens with one attached hydrogen (secondary N) is 2. The van der Waals surface area contributed by atoms with Crippen molar-refractivity contribution in [2.75, 3.05) is 7.05 Å². The molecule has 164 valence electrons. The van der Waals surface area contributed by atoms with E-state index in [-0.39, 0.29) is 23.5 Å². The molecule has 0 heterocycles. The third kappa shape index (κ3) is 6.06. The molecule has 4 N–H and O–H groups in total. The van der Waals surface area contributed by atoms with E-state index in [2.05, 4.69) is 19.7 Å². The zero-order valence-electron chi connectivity index (χ0n) is 17.9. The minimum absolute atomic E-state index is 0.0108. The molecule has 0 aliphatic heterocycles. The second-order valence-corrected chi connectivity index (χ2v) is 7.84. The van der Waals surface area contributed by atoms with E-state index in [0.29, 0.717) is 5.56 Å². The van der Waals surface area contributed by atoms with Crippen LogP contribution in [0.4, 0.5) is 9.59 Å². The monoisotopic (exact) mass is 418 g/mol. The Kier molecular flexibility index (Phi) is 8.41. The average molecular weight is 419 g/mol. The van der Waals surface area contributed by atoms with Crippen molar-refractivity contribution >= 4 is 18.8 Å². The molecular weight excluding hydrogens is 386 g/mol. The molecule has 3 amide bonds. The van der Waals surface area contributed by atoms with Crippen molar-refractivity contribution in [3.05, 3.63) is 34.9 Å². The number of phenols is 1. The summed E-state index contributed by atoms with van der Waals surface area (Å²) in [7, 11) is 1.88. The molecule has 30 heavy (non-hydrogen) atoms. The Balaban J connectivity index is 2.48. The molecule has 2 atom stereocenters. The minimum Gasteiger partial charge on any atom is -0.507 e. The predicted octanol–water partition coefficient (Wildman–Crippen LogP) is 3.85. The fourth-order valence-corrected chi connectivity index (χ4v) is 3.88. The fourth-order valence-electron chi connectivity index (χ4n) is 3.88. The number of benzene rings is 1. The summed E-state index contributed by atoms with van der Waals surface area (Å²) in [5, 5.41) is 21.4. The summed E-state index contributed by atoms with van der Waals surface area (Å²) in [6, 6.07) is 2.36. The number of ether oxygens (including phenoxy) is 1. The van der Waals surface area contributed by atoms with Gasteiger partial charge in [0.05, 0.1) is 11.5 Å². The first kappa shape index (κ1) is 23.4. The number of nitrogens with zero attached hydrogens (tertiary/aromatic N) is 1. The predicted molar refractivity (Wildman–Crippen MR) is 114 cm³/mol. The smallest absolute Gasteiger partial charge is 0.420 e. The van der Waals surface area contributed by atoms with Crippen LogP contribution in [-0.2, 0) is 6.42 Å². The summed E-state index contributed by atoms with van der Waals surface area (Å²) in [5.41, 5.74) is 3.82. The number of aromatic hydroxyl groups is 1. The highest BCUT2D eigenvalue weighted by molar-refractivity contribution is 5.91. The van der Waals surface area contributed by atoms with Crippen LogP contribution in [0.1, 0.15) is 63.0 Å². The molecule has 0 saturated carbocycles. The van der Waals surface area contributed by atoms with E-state index < -0.39 is 12.1 Å². The van der Waals surface area contributed by atoms with E-state index in [1.54, 1.807) is 12.1 Å². The highest BCUT2D eigenvalue weighted by Crippen LogP contribution is 2.43. The number of carbonyl (C=O) groups is 2. The first-order valence-electron chi connectivity index (χ1n) is 10.3. The van der Waals surface area contributed by atoms with E-state index in [1.165, 1.54) is 11.1 Å². The fraction of sp³-hybridized carbons (Fsp3) is 0.500. The maximum absolute atomic E-state index is 12.2. The van der Waals surface area contributed by atoms with Gasteiger partial charge in [-0.15, -0.1) is 0 Å². The molecule has 0 bridgehead atoms. The number of imide groups is 1. The van der Waals surface area contributed by atoms with Gasteiger partial charge in [0.1, 0.15) is 25.3 Å². The van der Waals surface area contributed by atoms with Crippen molar-refractivity contribution in [2.45, 2.75) is 64.3 Å². The number of amides is 3. The van der Waals surface area contributed by atoms with Crippen LogP contribution in [0.15, 0.2) is 23.8 Å². The van der Waals surface area contributed by atoms with Gasteiger partial charge in [-0.1, -0.05) is 31.4 Å². The SMILES string of the molecule is C=[N+](C)[C@@H]1CCC(C)=C[C@H]1c1c(O)cc(CCCCC)cc1OC(=O)NC(=O)NO. The topological polar surface area (TPSA) is 111 Å². The lowest BCUT2D eigenvalue weighted by Gasteiger charge is -2.28. The van der Waals surface area contributed by atoms with E-state index in [1.807, 2.05) is 23.9 Å². The highest BCUT2D eigenvalue weighted by Gasteiger charge is 2.35. The van der Waals surface area contributed by atoms with E-state index in [0.717, 1.165) is 44.1 Å². The molecule has 2 rings (SSSR count). The van der Waals surface area contributed by atoms with Gasteiger partial charge in [-0.25, -0.2) is 25.0 Å². The molecule has 1 aliphatic carbocycles. The first-order chi connectivity index (χ1) is 14.3. The number of hydroxylamine groups is 1. The summed E-state index contributed by atoms with van der Waals surface area (Å²) in [6.07, 6.45) is 6.57. The Morgan fingerprint density at radius 2 is 2.07 bits per heavy atom. The van der Waals surface area contributed by atoms with Gasteiger partial charge in [0.2, 0.25) is 0 Å². The second-order valence-electron chi connectivity index (χ2n) is 7.84. The lowest BCUT2D eigenvalue weighted by Crippen LogP contribution is -2.39. The van der Waals surface area contributed by atoms with E-state index in [9.17, 15) is 14.7 Å². The molecule has 1 aliphatic rings. The summed E-state index contributed by atoms with van der Waals surface area (Å²) in [6.45, 7) is 8.16. The van der Waals surface area contributed by atoms with Crippen LogP contribution in [0.5, 0.6) is 11.5 Å². The molecule has 0 radical (unpaired) electrons. The maximum atomic E-state index is 12.2. The summed E-state index contributed by atoms with van der Waals surface area (Å²) >= 11 is 0. The Bertz CT molecular complexity index is 834. The molecule has 1 aromatic carbocycles. The van der Waals surface area contributed by atoms with Crippen molar-refractivity contribution in [2.24, 2.45) is 0 Å². The minimum atomic E-state index is -1.10. The van der Waals surface area contributed by atoms with E-state index >= 15 is 0 Å². The number of rotatable bonds is 7. The van der Waals surface area contributed by atoms with Gasteiger partial charge in [0.15, 0.2) is 6.04 Å². The normalized spacial score (nSPS) is 18.3. The third-order valence-corrected chi connectivity index (χ3v) is 5.38. The molecule has 8 heteroatoms. The number of phenolic OH excluding ortho intramolecular Hbond substituents is 1. The Morgan fingerprint density at radius 3 is 2.70 bits per heavy atom. The van der Waals surface area contributed by atoms with Crippen molar-refractivity contribution < 1.29 is 29.2 Å². The zero-order chi connectivity index (χ0) is 22.3. The van der Waals surface area contributed by atoms with Gasteiger partial charge >= 0.3 is 12.1 Å². The molecule has 0 aromatic heterocycles. The van der Waals surface area contributed by atoms with Crippen molar-refractivity contribution in [3.63, 3.8) is 0 Å². The summed E-state index contributed by atoms with van der Waals surface area (Å²) < 4.78 is 7.26. The number of urea groups is 1. The van der Waals surface area contributed by atoms with Gasteiger partial charge in [-0.2, -0.15) is 0 Å². The number of hydrogen-bond donors (Lipinski definition) is 4. The Labute approximate surface area is 177 Å². The number of allylic oxidation sites excluding steroid dienone is 1. The largest absolute Gasteiger partial charge is 0.507 e. The van der Waals surface area contributed by atoms with Crippen LogP contribution in [0.25, 0.3) is 0 Å². The van der Waals surface area contributed by atoms with Crippen molar-refractivity contribution in [1.29, 1.82) is 0 Å². The highest BCUT2D eigenvalue weighted by atomic mass is 16.6. The van der Waals surface area contributed by atoms with Crippen LogP contribution in [0.2, 0.25) is 0 Å².